The van der Waals surface area contributed by atoms with Gasteiger partial charge in [-0.15, -0.1) is 0 Å². The highest BCUT2D eigenvalue weighted by atomic mass is 32.2. The molecule has 0 radical (unpaired) electrons. The molecule has 1 N–H and O–H groups in total. The zero-order valence-corrected chi connectivity index (χ0v) is 22.0. The van der Waals surface area contributed by atoms with Crippen LogP contribution >= 0.6 is 0 Å². The molecule has 0 aliphatic rings. The van der Waals surface area contributed by atoms with Crippen LogP contribution in [0.2, 0.25) is 0 Å². The normalized spacial score (nSPS) is 11.9. The van der Waals surface area contributed by atoms with Crippen molar-refractivity contribution in [1.29, 1.82) is 0 Å². The van der Waals surface area contributed by atoms with Crippen molar-refractivity contribution in [2.45, 2.75) is 39.8 Å². The molecule has 0 fully saturated rings. The lowest BCUT2D eigenvalue weighted by Gasteiger charge is -2.32. The lowest BCUT2D eigenvalue weighted by atomic mass is 10.1. The number of carbonyl (C=O) groups excluding carboxylic acids is 2. The number of anilines is 1. The van der Waals surface area contributed by atoms with E-state index < -0.39 is 28.5 Å². The van der Waals surface area contributed by atoms with Crippen molar-refractivity contribution >= 4 is 27.5 Å². The lowest BCUT2D eigenvalue weighted by Crippen LogP contribution is -2.51. The van der Waals surface area contributed by atoms with Gasteiger partial charge in [0.15, 0.2) is 0 Å². The van der Waals surface area contributed by atoms with E-state index in [0.29, 0.717) is 12.3 Å². The third-order valence-corrected chi connectivity index (χ3v) is 6.61. The average molecular weight is 506 g/mol. The van der Waals surface area contributed by atoms with Gasteiger partial charge in [-0.25, -0.2) is 8.42 Å². The summed E-state index contributed by atoms with van der Waals surface area (Å²) in [6.45, 7) is 5.64. The van der Waals surface area contributed by atoms with E-state index in [1.165, 1.54) is 25.2 Å². The molecule has 0 saturated heterocycles. The maximum absolute atomic E-state index is 13.6. The van der Waals surface area contributed by atoms with Crippen molar-refractivity contribution in [3.8, 4) is 11.5 Å². The van der Waals surface area contributed by atoms with Crippen LogP contribution in [-0.2, 0) is 26.2 Å². The number of rotatable bonds is 12. The van der Waals surface area contributed by atoms with Crippen LogP contribution in [0.25, 0.3) is 0 Å². The number of carbonyl (C=O) groups is 2. The van der Waals surface area contributed by atoms with Crippen LogP contribution < -0.4 is 19.1 Å². The molecule has 35 heavy (non-hydrogen) atoms. The molecule has 2 aromatic rings. The van der Waals surface area contributed by atoms with E-state index in [0.717, 1.165) is 28.1 Å². The molecule has 0 bridgehead atoms. The second kappa shape index (κ2) is 12.4. The van der Waals surface area contributed by atoms with Crippen LogP contribution in [-0.4, -0.2) is 64.7 Å². The Labute approximate surface area is 208 Å². The Hall–Kier alpha value is -3.27. The minimum atomic E-state index is -3.87. The van der Waals surface area contributed by atoms with Crippen LogP contribution in [0.1, 0.15) is 31.4 Å². The van der Waals surface area contributed by atoms with Crippen LogP contribution in [0.5, 0.6) is 11.5 Å². The second-order valence-electron chi connectivity index (χ2n) is 8.29. The van der Waals surface area contributed by atoms with E-state index in [-0.39, 0.29) is 23.9 Å². The quantitative estimate of drug-likeness (QED) is 0.476. The number of sulfonamides is 1. The van der Waals surface area contributed by atoms with Gasteiger partial charge in [-0.2, -0.15) is 0 Å². The Bertz CT molecular complexity index is 1140. The molecule has 0 aromatic heterocycles. The maximum Gasteiger partial charge on any atom is 0.244 e. The number of ether oxygens (including phenoxy) is 2. The summed E-state index contributed by atoms with van der Waals surface area (Å²) in [6, 6.07) is 11.5. The van der Waals surface area contributed by atoms with Crippen molar-refractivity contribution < 1.29 is 27.5 Å². The van der Waals surface area contributed by atoms with Crippen molar-refractivity contribution in [2.75, 3.05) is 37.9 Å². The average Bonchev–Trinajstić information content (AvgIpc) is 2.82. The first-order valence-corrected chi connectivity index (χ1v) is 13.2. The van der Waals surface area contributed by atoms with Gasteiger partial charge in [0.05, 0.1) is 26.2 Å². The highest BCUT2D eigenvalue weighted by Gasteiger charge is 2.31. The Morgan fingerprint density at radius 1 is 1.09 bits per heavy atom. The molecule has 0 saturated carbocycles. The van der Waals surface area contributed by atoms with E-state index >= 15 is 0 Å². The first kappa shape index (κ1) is 28.0. The van der Waals surface area contributed by atoms with Crippen LogP contribution in [0.15, 0.2) is 42.5 Å². The molecule has 2 amide bonds. The molecule has 0 aliphatic carbocycles. The number of hydrogen-bond donors (Lipinski definition) is 1. The zero-order valence-electron chi connectivity index (χ0n) is 21.2. The zero-order chi connectivity index (χ0) is 26.2. The highest BCUT2D eigenvalue weighted by molar-refractivity contribution is 7.92. The van der Waals surface area contributed by atoms with E-state index in [4.69, 9.17) is 9.47 Å². The largest absolute Gasteiger partial charge is 0.497 e. The van der Waals surface area contributed by atoms with Gasteiger partial charge in [-0.3, -0.25) is 13.9 Å². The van der Waals surface area contributed by atoms with Crippen molar-refractivity contribution in [3.05, 3.63) is 53.6 Å². The number of nitrogens with zero attached hydrogens (tertiary/aromatic N) is 2. The number of hydrogen-bond acceptors (Lipinski definition) is 6. The Balaban J connectivity index is 2.44. The Morgan fingerprint density at radius 2 is 1.80 bits per heavy atom. The highest BCUT2D eigenvalue weighted by Crippen LogP contribution is 2.33. The molecule has 0 heterocycles. The van der Waals surface area contributed by atoms with E-state index in [1.807, 2.05) is 38.1 Å². The Morgan fingerprint density at radius 3 is 2.37 bits per heavy atom. The number of benzene rings is 2. The summed E-state index contributed by atoms with van der Waals surface area (Å²) < 4.78 is 37.0. The van der Waals surface area contributed by atoms with Crippen LogP contribution in [0.3, 0.4) is 0 Å². The number of methoxy groups -OCH3 is 2. The molecular weight excluding hydrogens is 470 g/mol. The second-order valence-corrected chi connectivity index (χ2v) is 10.2. The maximum atomic E-state index is 13.6. The molecule has 1 atom stereocenters. The molecule has 0 unspecified atom stereocenters. The fourth-order valence-electron chi connectivity index (χ4n) is 3.57. The summed E-state index contributed by atoms with van der Waals surface area (Å²) in [7, 11) is -0.980. The smallest absolute Gasteiger partial charge is 0.244 e. The third-order valence-electron chi connectivity index (χ3n) is 5.49. The van der Waals surface area contributed by atoms with Gasteiger partial charge in [-0.05, 0) is 38.0 Å². The van der Waals surface area contributed by atoms with Gasteiger partial charge in [0.1, 0.15) is 24.1 Å². The van der Waals surface area contributed by atoms with E-state index in [2.05, 4.69) is 5.32 Å². The number of nitrogens with one attached hydrogen (secondary N) is 1. The van der Waals surface area contributed by atoms with Gasteiger partial charge in [0, 0.05) is 19.2 Å². The monoisotopic (exact) mass is 505 g/mol. The topological polar surface area (TPSA) is 105 Å². The standard InChI is InChI=1S/C25H35N3O6S/c1-7-13-26-25(30)19(3)27(16-20-10-8-9-18(2)14-20)24(29)17-28(35(6,31)32)22-12-11-21(33-4)15-23(22)34-5/h8-12,14-15,19H,7,13,16-17H2,1-6H3,(H,26,30)/t19-/m1/s1. The summed E-state index contributed by atoms with van der Waals surface area (Å²) in [6.07, 6.45) is 1.77. The van der Waals surface area contributed by atoms with Crippen molar-refractivity contribution in [3.63, 3.8) is 0 Å². The summed E-state index contributed by atoms with van der Waals surface area (Å²) in [5.41, 5.74) is 2.04. The first-order valence-electron chi connectivity index (χ1n) is 11.3. The van der Waals surface area contributed by atoms with Crippen molar-refractivity contribution in [2.24, 2.45) is 0 Å². The molecule has 2 rings (SSSR count). The summed E-state index contributed by atoms with van der Waals surface area (Å²) in [4.78, 5) is 27.7. The van der Waals surface area contributed by atoms with Crippen LogP contribution in [0.4, 0.5) is 5.69 Å². The number of amides is 2. The van der Waals surface area contributed by atoms with Gasteiger partial charge in [0.25, 0.3) is 0 Å². The number of aryl methyl sites for hydroxylation is 1. The predicted molar refractivity (Wildman–Crippen MR) is 136 cm³/mol. The minimum Gasteiger partial charge on any atom is -0.497 e. The molecule has 0 aliphatic heterocycles. The van der Waals surface area contributed by atoms with Crippen molar-refractivity contribution in [1.82, 2.24) is 10.2 Å². The fraction of sp³-hybridized carbons (Fsp3) is 0.440. The molecular formula is C25H35N3O6S. The van der Waals surface area contributed by atoms with Gasteiger partial charge in [0.2, 0.25) is 21.8 Å². The molecule has 9 nitrogen and oxygen atoms in total. The Kier molecular flexibility index (Phi) is 9.94. The summed E-state index contributed by atoms with van der Waals surface area (Å²) in [5, 5.41) is 2.81. The van der Waals surface area contributed by atoms with E-state index in [9.17, 15) is 18.0 Å². The van der Waals surface area contributed by atoms with Gasteiger partial charge in [-0.1, -0.05) is 36.8 Å². The third kappa shape index (κ3) is 7.61. The van der Waals surface area contributed by atoms with Gasteiger partial charge >= 0.3 is 0 Å². The SMILES string of the molecule is CCCNC(=O)[C@@H](C)N(Cc1cccc(C)c1)C(=O)CN(c1ccc(OC)cc1OC)S(C)(=O)=O. The van der Waals surface area contributed by atoms with Gasteiger partial charge < -0.3 is 19.7 Å². The van der Waals surface area contributed by atoms with Crippen LogP contribution in [0, 0.1) is 6.92 Å². The minimum absolute atomic E-state index is 0.151. The fourth-order valence-corrected chi connectivity index (χ4v) is 4.42. The van der Waals surface area contributed by atoms with E-state index in [1.54, 1.807) is 19.1 Å². The molecule has 192 valence electrons. The summed E-state index contributed by atoms with van der Waals surface area (Å²) >= 11 is 0. The summed E-state index contributed by atoms with van der Waals surface area (Å²) in [5.74, 6) is -0.107. The molecule has 0 spiro atoms. The molecule has 2 aromatic carbocycles. The first-order chi connectivity index (χ1) is 16.5. The predicted octanol–water partition coefficient (Wildman–Crippen LogP) is 2.72. The lowest BCUT2D eigenvalue weighted by molar-refractivity contribution is -0.139. The molecule has 10 heteroatoms.